The highest BCUT2D eigenvalue weighted by Gasteiger charge is 2.06. The molecule has 1 amide bonds. The smallest absolute Gasteiger partial charge is 0.225 e. The largest absolute Gasteiger partial charge is 0.492 e. The van der Waals surface area contributed by atoms with Gasteiger partial charge in [0.2, 0.25) is 5.91 Å². The molecule has 2 rings (SSSR count). The molecule has 0 fully saturated rings. The average molecular weight is 395 g/mol. The highest BCUT2D eigenvalue weighted by atomic mass is 32.2. The highest BCUT2D eigenvalue weighted by molar-refractivity contribution is 7.98. The van der Waals surface area contributed by atoms with E-state index in [1.807, 2.05) is 18.2 Å². The Morgan fingerprint density at radius 1 is 1.23 bits per heavy atom. The van der Waals surface area contributed by atoms with Crippen molar-refractivity contribution in [3.05, 3.63) is 54.4 Å². The van der Waals surface area contributed by atoms with E-state index in [4.69, 9.17) is 4.74 Å². The first-order chi connectivity index (χ1) is 12.4. The number of hydrogen-bond acceptors (Lipinski definition) is 6. The van der Waals surface area contributed by atoms with Crippen molar-refractivity contribution in [2.45, 2.75) is 12.2 Å². The van der Waals surface area contributed by atoms with E-state index >= 15 is 0 Å². The third kappa shape index (κ3) is 8.35. The van der Waals surface area contributed by atoms with E-state index in [1.165, 1.54) is 6.26 Å². The highest BCUT2D eigenvalue weighted by Crippen LogP contribution is 2.18. The molecule has 0 radical (unpaired) electrons. The predicted molar refractivity (Wildman–Crippen MR) is 105 cm³/mol. The van der Waals surface area contributed by atoms with E-state index in [9.17, 15) is 13.2 Å². The summed E-state index contributed by atoms with van der Waals surface area (Å²) in [5.74, 6) is 1.88. The van der Waals surface area contributed by atoms with Gasteiger partial charge in [0.05, 0.1) is 11.4 Å². The van der Waals surface area contributed by atoms with Crippen LogP contribution in [0.25, 0.3) is 0 Å². The van der Waals surface area contributed by atoms with Crippen molar-refractivity contribution in [2.75, 3.05) is 29.7 Å². The zero-order valence-electron chi connectivity index (χ0n) is 14.6. The summed E-state index contributed by atoms with van der Waals surface area (Å²) in [6.07, 6.45) is 3.32. The molecule has 6 nitrogen and oxygen atoms in total. The second kappa shape index (κ2) is 10.2. The van der Waals surface area contributed by atoms with Crippen LogP contribution in [0.5, 0.6) is 5.75 Å². The maximum Gasteiger partial charge on any atom is 0.225 e. The van der Waals surface area contributed by atoms with Gasteiger partial charge in [-0.15, -0.1) is 0 Å². The second-order valence-electron chi connectivity index (χ2n) is 5.68. The fourth-order valence-electron chi connectivity index (χ4n) is 2.02. The summed E-state index contributed by atoms with van der Waals surface area (Å²) < 4.78 is 27.6. The predicted octanol–water partition coefficient (Wildman–Crippen LogP) is 2.77. The molecule has 0 spiro atoms. The quantitative estimate of drug-likeness (QED) is 0.624. The summed E-state index contributed by atoms with van der Waals surface area (Å²) in [7, 11) is -3.06. The number of aromatic nitrogens is 1. The first-order valence-electron chi connectivity index (χ1n) is 8.10. The van der Waals surface area contributed by atoms with Gasteiger partial charge in [-0.1, -0.05) is 12.1 Å². The summed E-state index contributed by atoms with van der Waals surface area (Å²) >= 11 is 1.66. The number of pyridine rings is 1. The Hall–Kier alpha value is -2.06. The molecular weight excluding hydrogens is 372 g/mol. The molecule has 8 heteroatoms. The minimum atomic E-state index is -3.06. The number of hydrogen-bond donors (Lipinski definition) is 1. The van der Waals surface area contributed by atoms with Gasteiger partial charge in [-0.05, 0) is 24.3 Å². The number of thioether (sulfide) groups is 1. The third-order valence-electron chi connectivity index (χ3n) is 3.29. The summed E-state index contributed by atoms with van der Waals surface area (Å²) in [6, 6.07) is 12.7. The number of ether oxygens (including phenoxy) is 1. The number of carbonyl (C=O) groups excluding carboxylic acids is 1. The zero-order valence-corrected chi connectivity index (χ0v) is 16.2. The molecule has 0 aliphatic carbocycles. The Kier molecular flexibility index (Phi) is 7.93. The van der Waals surface area contributed by atoms with Crippen LogP contribution in [0, 0.1) is 0 Å². The lowest BCUT2D eigenvalue weighted by molar-refractivity contribution is -0.115. The van der Waals surface area contributed by atoms with Gasteiger partial charge in [-0.3, -0.25) is 9.78 Å². The molecule has 1 aromatic carbocycles. The lowest BCUT2D eigenvalue weighted by atomic mass is 10.3. The van der Waals surface area contributed by atoms with Gasteiger partial charge in [0.1, 0.15) is 12.4 Å². The van der Waals surface area contributed by atoms with E-state index < -0.39 is 9.84 Å². The number of carbonyl (C=O) groups is 1. The van der Waals surface area contributed by atoms with E-state index in [1.54, 1.807) is 42.2 Å². The van der Waals surface area contributed by atoms with Crippen molar-refractivity contribution >= 4 is 33.2 Å². The minimum Gasteiger partial charge on any atom is -0.492 e. The van der Waals surface area contributed by atoms with Crippen LogP contribution in [-0.2, 0) is 20.4 Å². The summed E-state index contributed by atoms with van der Waals surface area (Å²) in [5, 5.41) is 2.82. The molecular formula is C18H22N2O4S2. The zero-order chi connectivity index (χ0) is 18.8. The van der Waals surface area contributed by atoms with Crippen molar-refractivity contribution in [3.8, 4) is 5.75 Å². The molecule has 2 aromatic rings. The van der Waals surface area contributed by atoms with Crippen LogP contribution in [0.3, 0.4) is 0 Å². The first-order valence-corrected chi connectivity index (χ1v) is 11.3. The van der Waals surface area contributed by atoms with Crippen molar-refractivity contribution in [1.82, 2.24) is 4.98 Å². The van der Waals surface area contributed by atoms with Gasteiger partial charge in [-0.25, -0.2) is 8.42 Å². The molecule has 1 N–H and O–H groups in total. The van der Waals surface area contributed by atoms with Gasteiger partial charge < -0.3 is 10.1 Å². The van der Waals surface area contributed by atoms with Gasteiger partial charge >= 0.3 is 0 Å². The Morgan fingerprint density at radius 3 is 2.81 bits per heavy atom. The molecule has 0 saturated carbocycles. The SMILES string of the molecule is CS(=O)(=O)CCOc1cccc(NC(=O)CCSCc2ccccn2)c1. The monoisotopic (exact) mass is 394 g/mol. The van der Waals surface area contributed by atoms with Crippen LogP contribution in [-0.4, -0.2) is 43.7 Å². The van der Waals surface area contributed by atoms with E-state index in [0.29, 0.717) is 23.6 Å². The lowest BCUT2D eigenvalue weighted by Crippen LogP contribution is -2.13. The summed E-state index contributed by atoms with van der Waals surface area (Å²) in [5.41, 5.74) is 1.62. The number of rotatable bonds is 10. The van der Waals surface area contributed by atoms with Crippen molar-refractivity contribution in [3.63, 3.8) is 0 Å². The van der Waals surface area contributed by atoms with Gasteiger partial charge in [0, 0.05) is 42.1 Å². The topological polar surface area (TPSA) is 85.4 Å². The number of amides is 1. The van der Waals surface area contributed by atoms with E-state index in [0.717, 1.165) is 11.4 Å². The molecule has 1 heterocycles. The maximum atomic E-state index is 12.0. The van der Waals surface area contributed by atoms with E-state index in [2.05, 4.69) is 10.3 Å². The maximum absolute atomic E-state index is 12.0. The Balaban J connectivity index is 1.71. The average Bonchev–Trinajstić information content (AvgIpc) is 2.59. The third-order valence-corrected chi connectivity index (χ3v) is 5.19. The number of nitrogens with zero attached hydrogens (tertiary/aromatic N) is 1. The normalized spacial score (nSPS) is 11.1. The van der Waals surface area contributed by atoms with Crippen LogP contribution in [0.15, 0.2) is 48.7 Å². The fourth-order valence-corrected chi connectivity index (χ4v) is 3.26. The van der Waals surface area contributed by atoms with Crippen LogP contribution in [0.1, 0.15) is 12.1 Å². The summed E-state index contributed by atoms with van der Waals surface area (Å²) in [6.45, 7) is 0.0837. The van der Waals surface area contributed by atoms with E-state index in [-0.39, 0.29) is 18.3 Å². The molecule has 0 aliphatic heterocycles. The minimum absolute atomic E-state index is 0.0446. The molecule has 0 aliphatic rings. The number of benzene rings is 1. The Bertz CT molecular complexity index is 811. The Labute approximate surface area is 158 Å². The van der Waals surface area contributed by atoms with Crippen LogP contribution < -0.4 is 10.1 Å². The lowest BCUT2D eigenvalue weighted by Gasteiger charge is -2.09. The second-order valence-corrected chi connectivity index (χ2v) is 9.04. The molecule has 0 unspecified atom stereocenters. The molecule has 0 bridgehead atoms. The van der Waals surface area contributed by atoms with Crippen LogP contribution >= 0.6 is 11.8 Å². The molecule has 1 aromatic heterocycles. The molecule has 140 valence electrons. The van der Waals surface area contributed by atoms with Crippen molar-refractivity contribution < 1.29 is 17.9 Å². The summed E-state index contributed by atoms with van der Waals surface area (Å²) in [4.78, 5) is 16.3. The first kappa shape index (κ1) is 20.3. The number of anilines is 1. The van der Waals surface area contributed by atoms with Crippen molar-refractivity contribution in [1.29, 1.82) is 0 Å². The van der Waals surface area contributed by atoms with Gasteiger partial charge in [0.25, 0.3) is 0 Å². The molecule has 0 atom stereocenters. The van der Waals surface area contributed by atoms with Crippen molar-refractivity contribution in [2.24, 2.45) is 0 Å². The van der Waals surface area contributed by atoms with Crippen LogP contribution in [0.4, 0.5) is 5.69 Å². The Morgan fingerprint density at radius 2 is 2.08 bits per heavy atom. The number of sulfone groups is 1. The van der Waals surface area contributed by atoms with Gasteiger partial charge in [0.15, 0.2) is 9.84 Å². The number of nitrogens with one attached hydrogen (secondary N) is 1. The van der Waals surface area contributed by atoms with Crippen LogP contribution in [0.2, 0.25) is 0 Å². The molecule has 0 saturated heterocycles. The fraction of sp³-hybridized carbons (Fsp3) is 0.333. The standard InChI is InChI=1S/C18H22N2O4S2/c1-26(22,23)12-10-24-17-7-4-6-15(13-17)20-18(21)8-11-25-14-16-5-2-3-9-19-16/h2-7,9,13H,8,10-12,14H2,1H3,(H,20,21). The van der Waals surface area contributed by atoms with Gasteiger partial charge in [-0.2, -0.15) is 11.8 Å². The molecule has 26 heavy (non-hydrogen) atoms.